The van der Waals surface area contributed by atoms with Gasteiger partial charge in [0.2, 0.25) is 0 Å². The minimum absolute atomic E-state index is 0.202. The van der Waals surface area contributed by atoms with Crippen molar-refractivity contribution in [2.24, 2.45) is 5.10 Å². The summed E-state index contributed by atoms with van der Waals surface area (Å²) >= 11 is 11.8. The molecule has 3 aromatic carbocycles. The molecule has 0 atom stereocenters. The maximum Gasteiger partial charge on any atom is 0.343 e. The lowest BCUT2D eigenvalue weighted by atomic mass is 10.2. The zero-order valence-corrected chi connectivity index (χ0v) is 19.7. The van der Waals surface area contributed by atoms with Crippen molar-refractivity contribution in [1.29, 1.82) is 0 Å². The van der Waals surface area contributed by atoms with Crippen LogP contribution in [0.4, 0.5) is 0 Å². The molecule has 1 N–H and O–H groups in total. The van der Waals surface area contributed by atoms with Crippen LogP contribution in [-0.4, -0.2) is 38.9 Å². The number of benzene rings is 3. The number of carbonyl (C=O) groups excluding carboxylic acids is 2. The monoisotopic (exact) mass is 502 g/mol. The SMILES string of the molecule is COc1ccc(OCC(=O)N/N=C\c2ccc(OC(=O)c3ccc(Cl)c(Cl)c3)c(OC)c2)cc1. The molecule has 0 aromatic heterocycles. The van der Waals surface area contributed by atoms with Crippen LogP contribution < -0.4 is 24.4 Å². The number of hydrogen-bond donors (Lipinski definition) is 1. The van der Waals surface area contributed by atoms with E-state index >= 15 is 0 Å². The molecule has 34 heavy (non-hydrogen) atoms. The van der Waals surface area contributed by atoms with Crippen molar-refractivity contribution < 1.29 is 28.5 Å². The summed E-state index contributed by atoms with van der Waals surface area (Å²) in [6.07, 6.45) is 1.42. The standard InChI is InChI=1S/C24H20Cl2N2O6/c1-31-17-5-7-18(8-6-17)33-14-23(29)28-27-13-15-3-10-21(22(11-15)32-2)34-24(30)16-4-9-19(25)20(26)12-16/h3-13H,14H2,1-2H3,(H,28,29)/b27-13-. The molecule has 0 fully saturated rings. The van der Waals surface area contributed by atoms with E-state index in [0.717, 1.165) is 0 Å². The Morgan fingerprint density at radius 3 is 2.29 bits per heavy atom. The van der Waals surface area contributed by atoms with Crippen LogP contribution in [0.5, 0.6) is 23.0 Å². The average Bonchev–Trinajstić information content (AvgIpc) is 2.85. The van der Waals surface area contributed by atoms with Crippen molar-refractivity contribution in [2.75, 3.05) is 20.8 Å². The molecule has 0 saturated heterocycles. The summed E-state index contributed by atoms with van der Waals surface area (Å²) in [6, 6.07) is 16.1. The summed E-state index contributed by atoms with van der Waals surface area (Å²) in [6.45, 7) is -0.212. The van der Waals surface area contributed by atoms with Crippen LogP contribution in [0.15, 0.2) is 65.8 Å². The van der Waals surface area contributed by atoms with Crippen molar-refractivity contribution >= 4 is 41.3 Å². The summed E-state index contributed by atoms with van der Waals surface area (Å²) in [5.41, 5.74) is 3.21. The number of halogens is 2. The van der Waals surface area contributed by atoms with Gasteiger partial charge in [-0.2, -0.15) is 5.10 Å². The third-order valence-electron chi connectivity index (χ3n) is 4.38. The third-order valence-corrected chi connectivity index (χ3v) is 5.12. The van der Waals surface area contributed by atoms with Crippen LogP contribution >= 0.6 is 23.2 Å². The number of amides is 1. The number of carbonyl (C=O) groups is 2. The first-order chi connectivity index (χ1) is 16.4. The molecule has 0 heterocycles. The number of hydrogen-bond acceptors (Lipinski definition) is 7. The van der Waals surface area contributed by atoms with Gasteiger partial charge in [-0.05, 0) is 66.2 Å². The maximum absolute atomic E-state index is 12.4. The molecule has 0 bridgehead atoms. The molecule has 0 saturated carbocycles. The van der Waals surface area contributed by atoms with E-state index in [1.165, 1.54) is 31.5 Å². The Kier molecular flexibility index (Phi) is 8.73. The fourth-order valence-corrected chi connectivity index (χ4v) is 2.96. The molecule has 1 amide bonds. The molecule has 0 spiro atoms. The molecule has 0 aliphatic heterocycles. The van der Waals surface area contributed by atoms with Crippen molar-refractivity contribution in [3.63, 3.8) is 0 Å². The highest BCUT2D eigenvalue weighted by atomic mass is 35.5. The van der Waals surface area contributed by atoms with Crippen LogP contribution in [0, 0.1) is 0 Å². The van der Waals surface area contributed by atoms with Crippen LogP contribution in [0.2, 0.25) is 10.0 Å². The minimum Gasteiger partial charge on any atom is -0.497 e. The van der Waals surface area contributed by atoms with Gasteiger partial charge in [-0.3, -0.25) is 4.79 Å². The Balaban J connectivity index is 1.56. The molecular weight excluding hydrogens is 483 g/mol. The largest absolute Gasteiger partial charge is 0.497 e. The predicted molar refractivity (Wildman–Crippen MR) is 129 cm³/mol. The van der Waals surface area contributed by atoms with Gasteiger partial charge in [-0.1, -0.05) is 23.2 Å². The summed E-state index contributed by atoms with van der Waals surface area (Å²) in [4.78, 5) is 24.3. The number of nitrogens with zero attached hydrogens (tertiary/aromatic N) is 1. The highest BCUT2D eigenvalue weighted by molar-refractivity contribution is 6.42. The lowest BCUT2D eigenvalue weighted by molar-refractivity contribution is -0.123. The van der Waals surface area contributed by atoms with Gasteiger partial charge in [0, 0.05) is 0 Å². The van der Waals surface area contributed by atoms with E-state index in [-0.39, 0.29) is 22.9 Å². The highest BCUT2D eigenvalue weighted by Gasteiger charge is 2.14. The molecule has 0 aliphatic rings. The smallest absolute Gasteiger partial charge is 0.343 e. The maximum atomic E-state index is 12.4. The molecule has 0 aliphatic carbocycles. The van der Waals surface area contributed by atoms with E-state index in [9.17, 15) is 9.59 Å². The van der Waals surface area contributed by atoms with Gasteiger partial charge < -0.3 is 18.9 Å². The van der Waals surface area contributed by atoms with Crippen molar-refractivity contribution in [3.05, 3.63) is 81.8 Å². The Bertz CT molecular complexity index is 1200. The van der Waals surface area contributed by atoms with Crippen LogP contribution in [0.3, 0.4) is 0 Å². The number of methoxy groups -OCH3 is 2. The first-order valence-corrected chi connectivity index (χ1v) is 10.6. The molecule has 176 valence electrons. The summed E-state index contributed by atoms with van der Waals surface area (Å²) in [5.74, 6) is 0.649. The van der Waals surface area contributed by atoms with Gasteiger partial charge in [0.1, 0.15) is 11.5 Å². The van der Waals surface area contributed by atoms with Gasteiger partial charge in [0.25, 0.3) is 5.91 Å². The summed E-state index contributed by atoms with van der Waals surface area (Å²) < 4.78 is 21.1. The number of esters is 1. The van der Waals surface area contributed by atoms with Crippen molar-refractivity contribution in [2.45, 2.75) is 0 Å². The van der Waals surface area contributed by atoms with Crippen molar-refractivity contribution in [3.8, 4) is 23.0 Å². The second-order valence-corrected chi connectivity index (χ2v) is 7.50. The quantitative estimate of drug-likeness (QED) is 0.196. The molecule has 3 aromatic rings. The fourth-order valence-electron chi connectivity index (χ4n) is 2.66. The molecular formula is C24H20Cl2N2O6. The molecule has 3 rings (SSSR count). The van der Waals surface area contributed by atoms with Gasteiger partial charge in [-0.15, -0.1) is 0 Å². The first-order valence-electron chi connectivity index (χ1n) is 9.83. The zero-order valence-electron chi connectivity index (χ0n) is 18.2. The number of rotatable bonds is 9. The zero-order chi connectivity index (χ0) is 24.5. The number of hydrazone groups is 1. The topological polar surface area (TPSA) is 95.5 Å². The normalized spacial score (nSPS) is 10.6. The minimum atomic E-state index is -0.623. The number of ether oxygens (including phenoxy) is 4. The lowest BCUT2D eigenvalue weighted by Gasteiger charge is -2.10. The molecule has 8 nitrogen and oxygen atoms in total. The molecule has 0 radical (unpaired) electrons. The van der Waals surface area contributed by atoms with Gasteiger partial charge in [-0.25, -0.2) is 10.2 Å². The summed E-state index contributed by atoms with van der Waals surface area (Å²) in [7, 11) is 3.00. The fraction of sp³-hybridized carbons (Fsp3) is 0.125. The molecule has 10 heteroatoms. The Labute approximate surface area is 206 Å². The van der Waals surface area contributed by atoms with E-state index in [0.29, 0.717) is 27.8 Å². The van der Waals surface area contributed by atoms with E-state index < -0.39 is 11.9 Å². The van der Waals surface area contributed by atoms with Gasteiger partial charge >= 0.3 is 5.97 Å². The third kappa shape index (κ3) is 6.87. The predicted octanol–water partition coefficient (Wildman–Crippen LogP) is 4.76. The summed E-state index contributed by atoms with van der Waals surface area (Å²) in [5, 5.41) is 4.47. The molecule has 0 unspecified atom stereocenters. The Hall–Kier alpha value is -3.75. The van der Waals surface area contributed by atoms with E-state index in [1.807, 2.05) is 0 Å². The average molecular weight is 503 g/mol. The van der Waals surface area contributed by atoms with Gasteiger partial charge in [0.15, 0.2) is 18.1 Å². The second-order valence-electron chi connectivity index (χ2n) is 6.69. The van der Waals surface area contributed by atoms with Crippen LogP contribution in [0.1, 0.15) is 15.9 Å². The van der Waals surface area contributed by atoms with E-state index in [4.69, 9.17) is 42.1 Å². The Morgan fingerprint density at radius 2 is 1.62 bits per heavy atom. The van der Waals surface area contributed by atoms with Crippen molar-refractivity contribution in [1.82, 2.24) is 5.43 Å². The van der Waals surface area contributed by atoms with Crippen LogP contribution in [-0.2, 0) is 4.79 Å². The number of nitrogens with one attached hydrogen (secondary N) is 1. The first kappa shape index (κ1) is 24.9. The highest BCUT2D eigenvalue weighted by Crippen LogP contribution is 2.29. The Morgan fingerprint density at radius 1 is 0.882 bits per heavy atom. The second kappa shape index (κ2) is 11.9. The van der Waals surface area contributed by atoms with E-state index in [1.54, 1.807) is 49.6 Å². The van der Waals surface area contributed by atoms with Crippen LogP contribution in [0.25, 0.3) is 0 Å². The van der Waals surface area contributed by atoms with Gasteiger partial charge in [0.05, 0.1) is 36.0 Å². The van der Waals surface area contributed by atoms with E-state index in [2.05, 4.69) is 10.5 Å². The lowest BCUT2D eigenvalue weighted by Crippen LogP contribution is -2.24.